The predicted molar refractivity (Wildman–Crippen MR) is 113 cm³/mol. The first-order valence-corrected chi connectivity index (χ1v) is 9.65. The van der Waals surface area contributed by atoms with E-state index in [2.05, 4.69) is 22.5 Å². The Hall–Kier alpha value is -3.98. The van der Waals surface area contributed by atoms with Crippen LogP contribution < -0.4 is 16.1 Å². The SMILES string of the molecule is O=C(NC1CC1)c1ccc(C#Cc2ccc(NCc3occc(=O)c3O)cc2)cc1. The lowest BCUT2D eigenvalue weighted by atomic mass is 10.1. The number of amides is 1. The third-order valence-electron chi connectivity index (χ3n) is 4.68. The average molecular weight is 400 g/mol. The molecule has 1 aromatic heterocycles. The van der Waals surface area contributed by atoms with Crippen molar-refractivity contribution in [3.63, 3.8) is 0 Å². The summed E-state index contributed by atoms with van der Waals surface area (Å²) in [7, 11) is 0. The lowest BCUT2D eigenvalue weighted by Crippen LogP contribution is -2.25. The molecule has 1 amide bonds. The van der Waals surface area contributed by atoms with Gasteiger partial charge >= 0.3 is 0 Å². The van der Waals surface area contributed by atoms with Crippen molar-refractivity contribution in [2.75, 3.05) is 5.32 Å². The van der Waals surface area contributed by atoms with E-state index in [0.717, 1.165) is 29.7 Å². The Kier molecular flexibility index (Phi) is 5.53. The Balaban J connectivity index is 1.35. The number of carbonyl (C=O) groups excluding carboxylic acids is 1. The zero-order valence-electron chi connectivity index (χ0n) is 16.1. The lowest BCUT2D eigenvalue weighted by Gasteiger charge is -2.06. The summed E-state index contributed by atoms with van der Waals surface area (Å²) >= 11 is 0. The molecule has 1 saturated carbocycles. The van der Waals surface area contributed by atoms with Crippen molar-refractivity contribution in [2.24, 2.45) is 0 Å². The van der Waals surface area contributed by atoms with Crippen LogP contribution in [0.1, 0.15) is 40.1 Å². The minimum atomic E-state index is -0.472. The number of hydrogen-bond donors (Lipinski definition) is 3. The molecule has 30 heavy (non-hydrogen) atoms. The number of anilines is 1. The molecule has 2 aromatic carbocycles. The monoisotopic (exact) mass is 400 g/mol. The van der Waals surface area contributed by atoms with Gasteiger partial charge in [0.15, 0.2) is 5.76 Å². The van der Waals surface area contributed by atoms with Gasteiger partial charge in [-0.3, -0.25) is 9.59 Å². The summed E-state index contributed by atoms with van der Waals surface area (Å²) in [5, 5.41) is 15.7. The molecule has 1 aliphatic rings. The zero-order valence-corrected chi connectivity index (χ0v) is 16.1. The first-order chi connectivity index (χ1) is 14.6. The Morgan fingerprint density at radius 1 is 1.00 bits per heavy atom. The molecule has 150 valence electrons. The van der Waals surface area contributed by atoms with E-state index in [4.69, 9.17) is 4.42 Å². The van der Waals surface area contributed by atoms with Gasteiger partial charge in [0, 0.05) is 34.5 Å². The Morgan fingerprint density at radius 2 is 1.63 bits per heavy atom. The highest BCUT2D eigenvalue weighted by molar-refractivity contribution is 5.94. The first-order valence-electron chi connectivity index (χ1n) is 9.65. The van der Waals surface area contributed by atoms with Crippen molar-refractivity contribution in [1.29, 1.82) is 0 Å². The average Bonchev–Trinajstić information content (AvgIpc) is 3.58. The van der Waals surface area contributed by atoms with E-state index >= 15 is 0 Å². The van der Waals surface area contributed by atoms with Crippen molar-refractivity contribution >= 4 is 11.6 Å². The number of hydrogen-bond acceptors (Lipinski definition) is 5. The van der Waals surface area contributed by atoms with E-state index in [1.165, 1.54) is 12.3 Å². The summed E-state index contributed by atoms with van der Waals surface area (Å²) in [6.07, 6.45) is 3.38. The predicted octanol–water partition coefficient (Wildman–Crippen LogP) is 3.25. The fourth-order valence-corrected chi connectivity index (χ4v) is 2.77. The minimum Gasteiger partial charge on any atom is -0.502 e. The highest BCUT2D eigenvalue weighted by Gasteiger charge is 2.23. The van der Waals surface area contributed by atoms with E-state index in [9.17, 15) is 14.7 Å². The van der Waals surface area contributed by atoms with E-state index in [1.807, 2.05) is 36.4 Å². The summed E-state index contributed by atoms with van der Waals surface area (Å²) < 4.78 is 5.16. The smallest absolute Gasteiger partial charge is 0.251 e. The van der Waals surface area contributed by atoms with Crippen LogP contribution in [0.4, 0.5) is 5.69 Å². The van der Waals surface area contributed by atoms with Gasteiger partial charge in [-0.2, -0.15) is 0 Å². The van der Waals surface area contributed by atoms with Crippen LogP contribution in [0.25, 0.3) is 0 Å². The maximum absolute atomic E-state index is 12.0. The van der Waals surface area contributed by atoms with Gasteiger partial charge in [0.05, 0.1) is 12.8 Å². The highest BCUT2D eigenvalue weighted by atomic mass is 16.4. The summed E-state index contributed by atoms with van der Waals surface area (Å²) in [6.45, 7) is 0.188. The van der Waals surface area contributed by atoms with E-state index in [-0.39, 0.29) is 24.0 Å². The molecular weight excluding hydrogens is 380 g/mol. The lowest BCUT2D eigenvalue weighted by molar-refractivity contribution is 0.0951. The van der Waals surface area contributed by atoms with Gasteiger partial charge in [0.25, 0.3) is 5.91 Å². The highest BCUT2D eigenvalue weighted by Crippen LogP contribution is 2.19. The molecule has 3 aromatic rings. The molecule has 3 N–H and O–H groups in total. The second-order valence-electron chi connectivity index (χ2n) is 7.06. The molecule has 0 aliphatic heterocycles. The quantitative estimate of drug-likeness (QED) is 0.572. The summed E-state index contributed by atoms with van der Waals surface area (Å²) in [5.41, 5.74) is 2.64. The molecule has 1 heterocycles. The topological polar surface area (TPSA) is 91.6 Å². The summed E-state index contributed by atoms with van der Waals surface area (Å²) in [4.78, 5) is 23.4. The van der Waals surface area contributed by atoms with Gasteiger partial charge in [-0.15, -0.1) is 0 Å². The summed E-state index contributed by atoms with van der Waals surface area (Å²) in [5.74, 6) is 5.93. The van der Waals surface area contributed by atoms with E-state index in [0.29, 0.717) is 11.6 Å². The number of rotatable bonds is 5. The minimum absolute atomic E-state index is 0.0387. The van der Waals surface area contributed by atoms with Crippen molar-refractivity contribution in [1.82, 2.24) is 5.32 Å². The standard InChI is InChI=1S/C24H20N2O4/c27-21-13-14-30-22(23(21)28)15-25-19-9-5-17(6-10-19)2-1-16-3-7-18(8-4-16)24(29)26-20-11-12-20/h3-10,13-14,20,25,28H,11-12,15H2,(H,26,29). The molecule has 4 rings (SSSR count). The Bertz CT molecular complexity index is 1160. The number of aromatic hydroxyl groups is 1. The second-order valence-corrected chi connectivity index (χ2v) is 7.06. The van der Waals surface area contributed by atoms with Gasteiger partial charge < -0.3 is 20.2 Å². The fourth-order valence-electron chi connectivity index (χ4n) is 2.77. The number of nitrogens with one attached hydrogen (secondary N) is 2. The van der Waals surface area contributed by atoms with Gasteiger partial charge in [0.1, 0.15) is 0 Å². The van der Waals surface area contributed by atoms with Crippen molar-refractivity contribution < 1.29 is 14.3 Å². The Morgan fingerprint density at radius 3 is 2.27 bits per heavy atom. The normalized spacial score (nSPS) is 12.5. The maximum Gasteiger partial charge on any atom is 0.251 e. The maximum atomic E-state index is 12.0. The van der Waals surface area contributed by atoms with Crippen LogP contribution in [0, 0.1) is 11.8 Å². The molecule has 0 spiro atoms. The van der Waals surface area contributed by atoms with Crippen molar-refractivity contribution in [2.45, 2.75) is 25.4 Å². The van der Waals surface area contributed by atoms with Gasteiger partial charge in [-0.1, -0.05) is 11.8 Å². The van der Waals surface area contributed by atoms with Gasteiger partial charge in [0.2, 0.25) is 11.2 Å². The number of carbonyl (C=O) groups is 1. The molecular formula is C24H20N2O4. The largest absolute Gasteiger partial charge is 0.502 e. The van der Waals surface area contributed by atoms with Crippen LogP contribution in [0.3, 0.4) is 0 Å². The second kappa shape index (κ2) is 8.58. The molecule has 0 atom stereocenters. The molecule has 1 aliphatic carbocycles. The van der Waals surface area contributed by atoms with Crippen LogP contribution in [0.2, 0.25) is 0 Å². The van der Waals surface area contributed by atoms with Crippen LogP contribution in [-0.2, 0) is 6.54 Å². The van der Waals surface area contributed by atoms with Crippen molar-refractivity contribution in [3.05, 3.63) is 93.5 Å². The van der Waals surface area contributed by atoms with Gasteiger partial charge in [-0.05, 0) is 61.4 Å². The third-order valence-corrected chi connectivity index (χ3v) is 4.68. The molecule has 6 nitrogen and oxygen atoms in total. The van der Waals surface area contributed by atoms with Crippen LogP contribution in [-0.4, -0.2) is 17.1 Å². The fraction of sp³-hybridized carbons (Fsp3) is 0.167. The molecule has 1 fully saturated rings. The van der Waals surface area contributed by atoms with Crippen molar-refractivity contribution in [3.8, 4) is 17.6 Å². The van der Waals surface area contributed by atoms with E-state index < -0.39 is 5.43 Å². The van der Waals surface area contributed by atoms with Gasteiger partial charge in [-0.25, -0.2) is 0 Å². The van der Waals surface area contributed by atoms with Crippen LogP contribution >= 0.6 is 0 Å². The van der Waals surface area contributed by atoms with Crippen LogP contribution in [0.5, 0.6) is 5.75 Å². The molecule has 6 heteroatoms. The molecule has 0 radical (unpaired) electrons. The zero-order chi connectivity index (χ0) is 20.9. The van der Waals surface area contributed by atoms with E-state index in [1.54, 1.807) is 12.1 Å². The van der Waals surface area contributed by atoms with Crippen LogP contribution in [0.15, 0.2) is 70.1 Å². The molecule has 0 unspecified atom stereocenters. The summed E-state index contributed by atoms with van der Waals surface area (Å²) in [6, 6.07) is 16.2. The third kappa shape index (κ3) is 4.89. The first kappa shape index (κ1) is 19.3. The number of benzene rings is 2. The molecule has 0 bridgehead atoms. The molecule has 0 saturated heterocycles. The Labute approximate surface area is 173 Å².